The second kappa shape index (κ2) is 8.10. The van der Waals surface area contributed by atoms with Gasteiger partial charge in [-0.15, -0.1) is 5.10 Å². The second-order valence-corrected chi connectivity index (χ2v) is 6.96. The number of anilines is 1. The van der Waals surface area contributed by atoms with Crippen LogP contribution in [0, 0.1) is 0 Å². The Morgan fingerprint density at radius 2 is 1.97 bits per heavy atom. The molecule has 2 aromatic heterocycles. The molecule has 3 heterocycles. The van der Waals surface area contributed by atoms with Crippen molar-refractivity contribution in [1.82, 2.24) is 20.3 Å². The van der Waals surface area contributed by atoms with Crippen LogP contribution in [0.3, 0.4) is 0 Å². The van der Waals surface area contributed by atoms with E-state index >= 15 is 0 Å². The molecule has 0 aliphatic carbocycles. The van der Waals surface area contributed by atoms with Crippen LogP contribution in [0.2, 0.25) is 0 Å². The average molecular weight is 399 g/mol. The summed E-state index contributed by atoms with van der Waals surface area (Å²) in [6.45, 7) is 3.62. The van der Waals surface area contributed by atoms with Crippen molar-refractivity contribution in [3.05, 3.63) is 24.0 Å². The molecule has 29 heavy (non-hydrogen) atoms. The van der Waals surface area contributed by atoms with E-state index in [-0.39, 0.29) is 5.92 Å². The van der Waals surface area contributed by atoms with Crippen molar-refractivity contribution < 1.29 is 18.7 Å². The summed E-state index contributed by atoms with van der Waals surface area (Å²) in [6.07, 6.45) is 4.44. The summed E-state index contributed by atoms with van der Waals surface area (Å²) in [6, 6.07) is 1.92. The van der Waals surface area contributed by atoms with Gasteiger partial charge in [-0.2, -0.15) is 10.1 Å². The molecule has 1 aliphatic heterocycles. The SMILES string of the molecule is CCc1noc(C2CCCN(c3nncc4c(OC)c(OC)c(OC)cc34)C2)n1. The Morgan fingerprint density at radius 3 is 2.66 bits per heavy atom. The lowest BCUT2D eigenvalue weighted by Crippen LogP contribution is -2.35. The number of nitrogens with zero attached hydrogens (tertiary/aromatic N) is 5. The van der Waals surface area contributed by atoms with Crippen LogP contribution >= 0.6 is 0 Å². The van der Waals surface area contributed by atoms with E-state index in [0.717, 1.165) is 54.8 Å². The maximum atomic E-state index is 5.62. The summed E-state index contributed by atoms with van der Waals surface area (Å²) >= 11 is 0. The highest BCUT2D eigenvalue weighted by atomic mass is 16.5. The van der Waals surface area contributed by atoms with Crippen molar-refractivity contribution in [2.75, 3.05) is 39.3 Å². The van der Waals surface area contributed by atoms with Crippen molar-refractivity contribution >= 4 is 16.6 Å². The highest BCUT2D eigenvalue weighted by Crippen LogP contribution is 2.45. The van der Waals surface area contributed by atoms with Gasteiger partial charge in [-0.3, -0.25) is 0 Å². The lowest BCUT2D eigenvalue weighted by atomic mass is 9.97. The van der Waals surface area contributed by atoms with E-state index < -0.39 is 0 Å². The minimum absolute atomic E-state index is 0.163. The first-order valence-electron chi connectivity index (χ1n) is 9.71. The zero-order chi connectivity index (χ0) is 20.4. The average Bonchev–Trinajstić information content (AvgIpc) is 3.26. The topological polar surface area (TPSA) is 95.6 Å². The Morgan fingerprint density at radius 1 is 1.14 bits per heavy atom. The number of hydrogen-bond donors (Lipinski definition) is 0. The van der Waals surface area contributed by atoms with Gasteiger partial charge >= 0.3 is 0 Å². The normalized spacial score (nSPS) is 16.8. The minimum Gasteiger partial charge on any atom is -0.493 e. The van der Waals surface area contributed by atoms with Crippen molar-refractivity contribution in [2.45, 2.75) is 32.1 Å². The molecular weight excluding hydrogens is 374 g/mol. The lowest BCUT2D eigenvalue weighted by molar-refractivity contribution is 0.327. The molecule has 0 N–H and O–H groups in total. The van der Waals surface area contributed by atoms with Gasteiger partial charge in [-0.05, 0) is 18.9 Å². The molecule has 9 heteroatoms. The lowest BCUT2D eigenvalue weighted by Gasteiger charge is -2.32. The molecule has 154 valence electrons. The van der Waals surface area contributed by atoms with Gasteiger partial charge in [0.25, 0.3) is 0 Å². The number of hydrogen-bond acceptors (Lipinski definition) is 9. The van der Waals surface area contributed by atoms with E-state index in [1.807, 2.05) is 13.0 Å². The van der Waals surface area contributed by atoms with E-state index in [4.69, 9.17) is 18.7 Å². The third-order valence-electron chi connectivity index (χ3n) is 5.32. The number of aryl methyl sites for hydroxylation is 1. The Labute approximate surface area is 169 Å². The summed E-state index contributed by atoms with van der Waals surface area (Å²) < 4.78 is 22.1. The van der Waals surface area contributed by atoms with Gasteiger partial charge in [0, 0.05) is 24.9 Å². The molecule has 0 radical (unpaired) electrons. The molecule has 1 atom stereocenters. The standard InChI is InChI=1S/C20H25N5O4/c1-5-16-22-20(29-24-16)12-7-6-8-25(11-12)19-13-9-15(26-2)18(28-4)17(27-3)14(13)10-21-23-19/h9-10,12H,5-8,11H2,1-4H3. The van der Waals surface area contributed by atoms with E-state index in [1.54, 1.807) is 27.5 Å². The molecule has 9 nitrogen and oxygen atoms in total. The van der Waals surface area contributed by atoms with E-state index in [9.17, 15) is 0 Å². The zero-order valence-corrected chi connectivity index (χ0v) is 17.1. The fraction of sp³-hybridized carbons (Fsp3) is 0.500. The Balaban J connectivity index is 1.75. The van der Waals surface area contributed by atoms with Crippen LogP contribution in [0.15, 0.2) is 16.8 Å². The molecule has 0 amide bonds. The van der Waals surface area contributed by atoms with E-state index in [1.165, 1.54) is 0 Å². The van der Waals surface area contributed by atoms with Crippen LogP contribution in [0.5, 0.6) is 17.2 Å². The van der Waals surface area contributed by atoms with E-state index in [2.05, 4.69) is 25.2 Å². The van der Waals surface area contributed by atoms with Crippen molar-refractivity contribution in [1.29, 1.82) is 0 Å². The summed E-state index contributed by atoms with van der Waals surface area (Å²) in [5, 5.41) is 14.4. The molecule has 3 aromatic rings. The predicted octanol–water partition coefficient (Wildman–Crippen LogP) is 2.99. The quantitative estimate of drug-likeness (QED) is 0.620. The van der Waals surface area contributed by atoms with Gasteiger partial charge in [-0.25, -0.2) is 0 Å². The zero-order valence-electron chi connectivity index (χ0n) is 17.1. The number of fused-ring (bicyclic) bond motifs is 1. The number of piperidine rings is 1. The van der Waals surface area contributed by atoms with Crippen molar-refractivity contribution in [3.8, 4) is 17.2 Å². The molecule has 1 fully saturated rings. The highest BCUT2D eigenvalue weighted by molar-refractivity contribution is 5.99. The number of methoxy groups -OCH3 is 3. The maximum Gasteiger partial charge on any atom is 0.231 e. The molecule has 1 unspecified atom stereocenters. The predicted molar refractivity (Wildman–Crippen MR) is 107 cm³/mol. The summed E-state index contributed by atoms with van der Waals surface area (Å²) in [7, 11) is 4.80. The van der Waals surface area contributed by atoms with Gasteiger partial charge in [0.1, 0.15) is 0 Å². The monoisotopic (exact) mass is 399 g/mol. The van der Waals surface area contributed by atoms with E-state index in [0.29, 0.717) is 23.1 Å². The summed E-state index contributed by atoms with van der Waals surface area (Å²) in [5.41, 5.74) is 0. The third-order valence-corrected chi connectivity index (χ3v) is 5.32. The molecule has 4 rings (SSSR count). The van der Waals surface area contributed by atoms with Crippen LogP contribution in [-0.2, 0) is 6.42 Å². The molecule has 0 spiro atoms. The highest BCUT2D eigenvalue weighted by Gasteiger charge is 2.29. The number of rotatable bonds is 6. The van der Waals surface area contributed by atoms with Crippen LogP contribution < -0.4 is 19.1 Å². The Hall–Kier alpha value is -3.10. The fourth-order valence-corrected chi connectivity index (χ4v) is 3.87. The molecule has 0 saturated carbocycles. The Kier molecular flexibility index (Phi) is 5.37. The second-order valence-electron chi connectivity index (χ2n) is 6.96. The molecular formula is C20H25N5O4. The molecule has 1 saturated heterocycles. The van der Waals surface area contributed by atoms with Gasteiger partial charge in [0.15, 0.2) is 23.1 Å². The minimum atomic E-state index is 0.163. The largest absolute Gasteiger partial charge is 0.493 e. The van der Waals surface area contributed by atoms with Gasteiger partial charge in [0.05, 0.1) is 38.8 Å². The summed E-state index contributed by atoms with van der Waals surface area (Å²) in [4.78, 5) is 6.74. The van der Waals surface area contributed by atoms with Crippen molar-refractivity contribution in [2.24, 2.45) is 0 Å². The van der Waals surface area contributed by atoms with Crippen molar-refractivity contribution in [3.63, 3.8) is 0 Å². The number of aromatic nitrogens is 4. The number of benzene rings is 1. The fourth-order valence-electron chi connectivity index (χ4n) is 3.87. The first-order chi connectivity index (χ1) is 14.2. The van der Waals surface area contributed by atoms with Gasteiger partial charge in [-0.1, -0.05) is 12.1 Å². The smallest absolute Gasteiger partial charge is 0.231 e. The van der Waals surface area contributed by atoms with Gasteiger partial charge in [0.2, 0.25) is 11.6 Å². The molecule has 1 aromatic carbocycles. The van der Waals surface area contributed by atoms with Crippen LogP contribution in [0.25, 0.3) is 10.8 Å². The molecule has 1 aliphatic rings. The summed E-state index contributed by atoms with van der Waals surface area (Å²) in [5.74, 6) is 4.08. The van der Waals surface area contributed by atoms with Gasteiger partial charge < -0.3 is 23.6 Å². The number of ether oxygens (including phenoxy) is 3. The van der Waals surface area contributed by atoms with Crippen LogP contribution in [0.1, 0.15) is 37.4 Å². The van der Waals surface area contributed by atoms with Crippen LogP contribution in [0.4, 0.5) is 5.82 Å². The third kappa shape index (κ3) is 3.41. The first kappa shape index (κ1) is 19.2. The Bertz CT molecular complexity index is 1010. The first-order valence-corrected chi connectivity index (χ1v) is 9.71. The maximum absolute atomic E-state index is 5.62. The molecule has 0 bridgehead atoms. The van der Waals surface area contributed by atoms with Crippen LogP contribution in [-0.4, -0.2) is 54.8 Å².